The van der Waals surface area contributed by atoms with Gasteiger partial charge in [-0.25, -0.2) is 9.59 Å². The van der Waals surface area contributed by atoms with E-state index < -0.39 is 18.2 Å². The third-order valence-electron chi connectivity index (χ3n) is 6.02. The van der Waals surface area contributed by atoms with Gasteiger partial charge in [-0.3, -0.25) is 4.79 Å². The first kappa shape index (κ1) is 25.2. The van der Waals surface area contributed by atoms with Crippen LogP contribution in [0.2, 0.25) is 0 Å². The summed E-state index contributed by atoms with van der Waals surface area (Å²) >= 11 is 0. The Kier molecular flexibility index (Phi) is 9.04. The number of carbonyl (C=O) groups is 3. The average Bonchev–Trinajstić information content (AvgIpc) is 3.14. The van der Waals surface area contributed by atoms with E-state index in [-0.39, 0.29) is 43.9 Å². The maximum Gasteiger partial charge on any atom is 0.407 e. The van der Waals surface area contributed by atoms with Gasteiger partial charge in [0.25, 0.3) is 0 Å². The van der Waals surface area contributed by atoms with Crippen molar-refractivity contribution in [2.75, 3.05) is 20.3 Å². The summed E-state index contributed by atoms with van der Waals surface area (Å²) in [6.45, 7) is 2.35. The van der Waals surface area contributed by atoms with Gasteiger partial charge in [0.15, 0.2) is 6.10 Å². The fourth-order valence-electron chi connectivity index (χ4n) is 4.36. The number of aliphatic carboxylic acids is 1. The van der Waals surface area contributed by atoms with Crippen LogP contribution in [0.5, 0.6) is 0 Å². The predicted octanol–water partition coefficient (Wildman–Crippen LogP) is 3.69. The van der Waals surface area contributed by atoms with Crippen LogP contribution in [0.1, 0.15) is 49.7 Å². The fourth-order valence-corrected chi connectivity index (χ4v) is 4.36. The number of hydrogen-bond donors (Lipinski definition) is 3. The lowest BCUT2D eigenvalue weighted by atomic mass is 9.98. The van der Waals surface area contributed by atoms with Crippen LogP contribution in [-0.4, -0.2) is 55.5 Å². The van der Waals surface area contributed by atoms with E-state index in [0.717, 1.165) is 28.7 Å². The number of nitrogens with one attached hydrogen (secondary N) is 2. The Bertz CT molecular complexity index is 963. The Balaban J connectivity index is 1.51. The smallest absolute Gasteiger partial charge is 0.407 e. The second kappa shape index (κ2) is 12.2. The third kappa shape index (κ3) is 6.35. The zero-order valence-corrected chi connectivity index (χ0v) is 19.6. The Morgan fingerprint density at radius 1 is 1.00 bits per heavy atom. The first-order chi connectivity index (χ1) is 16.4. The quantitative estimate of drug-likeness (QED) is 0.438. The normalized spacial score (nSPS) is 13.9. The number of carboxylic acids is 1. The lowest BCUT2D eigenvalue weighted by molar-refractivity contribution is -0.149. The van der Waals surface area contributed by atoms with Crippen molar-refractivity contribution in [2.24, 2.45) is 0 Å². The number of methoxy groups -OCH3 is 1. The van der Waals surface area contributed by atoms with E-state index in [9.17, 15) is 14.4 Å². The van der Waals surface area contributed by atoms with E-state index in [0.29, 0.717) is 6.42 Å². The van der Waals surface area contributed by atoms with Crippen LogP contribution in [0.3, 0.4) is 0 Å². The molecule has 182 valence electrons. The highest BCUT2D eigenvalue weighted by molar-refractivity contribution is 5.79. The average molecular weight is 469 g/mol. The van der Waals surface area contributed by atoms with Gasteiger partial charge < -0.3 is 25.2 Å². The molecule has 2 aromatic rings. The molecule has 2 aromatic carbocycles. The second-order valence-corrected chi connectivity index (χ2v) is 8.36. The Morgan fingerprint density at radius 2 is 1.62 bits per heavy atom. The van der Waals surface area contributed by atoms with Crippen molar-refractivity contribution in [3.05, 3.63) is 59.7 Å². The Morgan fingerprint density at radius 3 is 2.18 bits per heavy atom. The molecule has 34 heavy (non-hydrogen) atoms. The molecule has 8 heteroatoms. The van der Waals surface area contributed by atoms with E-state index in [1.165, 1.54) is 7.11 Å². The molecule has 0 saturated heterocycles. The highest BCUT2D eigenvalue weighted by atomic mass is 16.5. The maximum atomic E-state index is 12.6. The summed E-state index contributed by atoms with van der Waals surface area (Å²) in [5, 5.41) is 14.5. The molecule has 1 aliphatic rings. The number of ether oxygens (including phenoxy) is 2. The molecule has 3 rings (SSSR count). The Labute approximate surface area is 199 Å². The lowest BCUT2D eigenvalue weighted by Crippen LogP contribution is -2.40. The number of amides is 2. The van der Waals surface area contributed by atoms with Crippen LogP contribution >= 0.6 is 0 Å². The molecular weight excluding hydrogens is 436 g/mol. The van der Waals surface area contributed by atoms with Gasteiger partial charge in [-0.15, -0.1) is 0 Å². The van der Waals surface area contributed by atoms with E-state index >= 15 is 0 Å². The molecule has 0 aromatic heterocycles. The van der Waals surface area contributed by atoms with Gasteiger partial charge in [-0.2, -0.15) is 0 Å². The van der Waals surface area contributed by atoms with Gasteiger partial charge in [0, 0.05) is 38.5 Å². The van der Waals surface area contributed by atoms with Crippen molar-refractivity contribution in [1.82, 2.24) is 10.6 Å². The molecule has 1 aliphatic carbocycles. The molecule has 0 aliphatic heterocycles. The number of fused-ring (bicyclic) bond motifs is 3. The SMILES string of the molecule is CCC[C@H](CC(=O)NCCC(OC)C(=O)O)NC(=O)OCC1c2ccccc2-c2ccccc21. The number of rotatable bonds is 12. The topological polar surface area (TPSA) is 114 Å². The van der Waals surface area contributed by atoms with E-state index in [1.807, 2.05) is 31.2 Å². The second-order valence-electron chi connectivity index (χ2n) is 8.36. The summed E-state index contributed by atoms with van der Waals surface area (Å²) < 4.78 is 10.4. The number of carbonyl (C=O) groups excluding carboxylic acids is 2. The molecule has 0 heterocycles. The van der Waals surface area contributed by atoms with Crippen molar-refractivity contribution in [3.8, 4) is 11.1 Å². The summed E-state index contributed by atoms with van der Waals surface area (Å²) in [6, 6.07) is 15.9. The van der Waals surface area contributed by atoms with Gasteiger partial charge in [0.2, 0.25) is 5.91 Å². The van der Waals surface area contributed by atoms with E-state index in [1.54, 1.807) is 0 Å². The third-order valence-corrected chi connectivity index (χ3v) is 6.02. The zero-order chi connectivity index (χ0) is 24.5. The van der Waals surface area contributed by atoms with Gasteiger partial charge in [-0.05, 0) is 28.7 Å². The van der Waals surface area contributed by atoms with E-state index in [2.05, 4.69) is 34.9 Å². The molecule has 0 spiro atoms. The van der Waals surface area contributed by atoms with Crippen molar-refractivity contribution >= 4 is 18.0 Å². The minimum absolute atomic E-state index is 0.0333. The van der Waals surface area contributed by atoms with Gasteiger partial charge in [0.05, 0.1) is 0 Å². The van der Waals surface area contributed by atoms with Crippen LogP contribution in [0.25, 0.3) is 11.1 Å². The number of hydrogen-bond acceptors (Lipinski definition) is 5. The molecule has 1 unspecified atom stereocenters. The molecule has 0 saturated carbocycles. The van der Waals surface area contributed by atoms with Gasteiger partial charge >= 0.3 is 12.1 Å². The molecule has 8 nitrogen and oxygen atoms in total. The highest BCUT2D eigenvalue weighted by Crippen LogP contribution is 2.44. The monoisotopic (exact) mass is 468 g/mol. The van der Waals surface area contributed by atoms with Crippen LogP contribution in [-0.2, 0) is 19.1 Å². The lowest BCUT2D eigenvalue weighted by Gasteiger charge is -2.19. The molecule has 0 bridgehead atoms. The summed E-state index contributed by atoms with van der Waals surface area (Å²) in [7, 11) is 1.32. The van der Waals surface area contributed by atoms with Crippen molar-refractivity contribution in [3.63, 3.8) is 0 Å². The van der Waals surface area contributed by atoms with Crippen LogP contribution in [0, 0.1) is 0 Å². The van der Waals surface area contributed by atoms with Crippen molar-refractivity contribution in [2.45, 2.75) is 50.7 Å². The molecule has 0 radical (unpaired) electrons. The van der Waals surface area contributed by atoms with Gasteiger partial charge in [-0.1, -0.05) is 61.9 Å². The Hall–Kier alpha value is -3.39. The minimum atomic E-state index is -1.07. The summed E-state index contributed by atoms with van der Waals surface area (Å²) in [5.41, 5.74) is 4.59. The minimum Gasteiger partial charge on any atom is -0.479 e. The summed E-state index contributed by atoms with van der Waals surface area (Å²) in [4.78, 5) is 35.8. The van der Waals surface area contributed by atoms with Crippen LogP contribution in [0.4, 0.5) is 4.79 Å². The van der Waals surface area contributed by atoms with Crippen LogP contribution < -0.4 is 10.6 Å². The molecular formula is C26H32N2O6. The number of benzene rings is 2. The standard InChI is InChI=1S/C26H32N2O6/c1-3-8-17(15-24(29)27-14-13-23(33-2)25(30)31)28-26(32)34-16-22-20-11-6-4-9-18(20)19-10-5-7-12-21(19)22/h4-7,9-12,17,22-23H,3,8,13-16H2,1-2H3,(H,27,29)(H,28,32)(H,30,31)/t17-,23?/m1/s1. The largest absolute Gasteiger partial charge is 0.479 e. The number of alkyl carbamates (subject to hydrolysis) is 1. The first-order valence-corrected chi connectivity index (χ1v) is 11.6. The highest BCUT2D eigenvalue weighted by Gasteiger charge is 2.29. The zero-order valence-electron chi connectivity index (χ0n) is 19.6. The predicted molar refractivity (Wildman–Crippen MR) is 128 cm³/mol. The van der Waals surface area contributed by atoms with Crippen LogP contribution in [0.15, 0.2) is 48.5 Å². The van der Waals surface area contributed by atoms with Crippen molar-refractivity contribution in [1.29, 1.82) is 0 Å². The fraction of sp³-hybridized carbons (Fsp3) is 0.423. The molecule has 0 fully saturated rings. The molecule has 2 amide bonds. The summed E-state index contributed by atoms with van der Waals surface area (Å²) in [6.07, 6.45) is 0.127. The molecule has 2 atom stereocenters. The van der Waals surface area contributed by atoms with Crippen molar-refractivity contribution < 1.29 is 29.0 Å². The summed E-state index contributed by atoms with van der Waals surface area (Å²) in [5.74, 6) is -1.37. The van der Waals surface area contributed by atoms with Gasteiger partial charge in [0.1, 0.15) is 6.61 Å². The number of carboxylic acid groups (broad SMARTS) is 1. The first-order valence-electron chi connectivity index (χ1n) is 11.6. The van der Waals surface area contributed by atoms with E-state index in [4.69, 9.17) is 14.6 Å². The molecule has 3 N–H and O–H groups in total. The maximum absolute atomic E-state index is 12.6.